The number of benzene rings is 1. The van der Waals surface area contributed by atoms with E-state index in [9.17, 15) is 4.79 Å². The zero-order valence-corrected chi connectivity index (χ0v) is 18.7. The first-order valence-corrected chi connectivity index (χ1v) is 12.1. The Bertz CT molecular complexity index is 1230. The number of thiophene rings is 1. The number of hydrogen-bond acceptors (Lipinski definition) is 6. The van der Waals surface area contributed by atoms with Gasteiger partial charge in [-0.25, -0.2) is 4.98 Å². The maximum absolute atomic E-state index is 13.8. The minimum absolute atomic E-state index is 0.0910. The Labute approximate surface area is 183 Å². The van der Waals surface area contributed by atoms with Crippen molar-refractivity contribution in [3.8, 4) is 11.1 Å². The fourth-order valence-corrected chi connectivity index (χ4v) is 6.45. The molecule has 0 bridgehead atoms. The van der Waals surface area contributed by atoms with Crippen LogP contribution < -0.4 is 5.56 Å². The number of aryl methyl sites for hydroxylation is 2. The Morgan fingerprint density at radius 3 is 2.67 bits per heavy atom. The molecule has 1 aromatic carbocycles. The quantitative estimate of drug-likeness (QED) is 0.277. The van der Waals surface area contributed by atoms with Crippen molar-refractivity contribution in [1.82, 2.24) is 14.7 Å². The highest BCUT2D eigenvalue weighted by Crippen LogP contribution is 2.37. The van der Waals surface area contributed by atoms with Crippen LogP contribution in [-0.2, 0) is 5.75 Å². The van der Waals surface area contributed by atoms with Crippen LogP contribution in [0.15, 0.2) is 50.2 Å². The number of hydrogen-bond donors (Lipinski definition) is 0. The fourth-order valence-electron chi connectivity index (χ4n) is 4.25. The van der Waals surface area contributed by atoms with Crippen molar-refractivity contribution in [1.29, 1.82) is 0 Å². The van der Waals surface area contributed by atoms with E-state index < -0.39 is 0 Å². The molecule has 0 unspecified atom stereocenters. The molecule has 1 aliphatic rings. The zero-order valence-electron chi connectivity index (χ0n) is 17.1. The van der Waals surface area contributed by atoms with Gasteiger partial charge in [-0.3, -0.25) is 9.36 Å². The average Bonchev–Trinajstić information content (AvgIpc) is 3.49. The summed E-state index contributed by atoms with van der Waals surface area (Å²) in [5.74, 6) is 1.53. The van der Waals surface area contributed by atoms with Crippen LogP contribution in [0.1, 0.15) is 48.7 Å². The molecule has 0 saturated heterocycles. The lowest BCUT2D eigenvalue weighted by molar-refractivity contribution is 0.392. The van der Waals surface area contributed by atoms with Gasteiger partial charge in [0.25, 0.3) is 5.56 Å². The number of aromatic nitrogens is 3. The molecule has 3 aromatic heterocycles. The van der Waals surface area contributed by atoms with Crippen molar-refractivity contribution in [2.24, 2.45) is 0 Å². The highest BCUT2D eigenvalue weighted by Gasteiger charge is 2.25. The lowest BCUT2D eigenvalue weighted by atomic mass is 10.1. The van der Waals surface area contributed by atoms with Crippen LogP contribution in [0.5, 0.6) is 0 Å². The highest BCUT2D eigenvalue weighted by atomic mass is 32.2. The van der Waals surface area contributed by atoms with Crippen LogP contribution in [0.25, 0.3) is 21.3 Å². The molecule has 1 saturated carbocycles. The van der Waals surface area contributed by atoms with E-state index in [1.54, 1.807) is 23.1 Å². The van der Waals surface area contributed by atoms with Crippen LogP contribution in [0, 0.1) is 13.8 Å². The van der Waals surface area contributed by atoms with Gasteiger partial charge >= 0.3 is 0 Å². The minimum atomic E-state index is 0.0910. The predicted molar refractivity (Wildman–Crippen MR) is 122 cm³/mol. The summed E-state index contributed by atoms with van der Waals surface area (Å²) >= 11 is 3.16. The van der Waals surface area contributed by atoms with Gasteiger partial charge in [-0.15, -0.1) is 11.3 Å². The first-order valence-electron chi connectivity index (χ1n) is 10.3. The van der Waals surface area contributed by atoms with E-state index in [0.717, 1.165) is 69.2 Å². The Hall–Kier alpha value is -2.38. The van der Waals surface area contributed by atoms with Gasteiger partial charge in [-0.05, 0) is 32.3 Å². The summed E-state index contributed by atoms with van der Waals surface area (Å²) in [6, 6.07) is 10.4. The van der Waals surface area contributed by atoms with E-state index in [-0.39, 0.29) is 11.6 Å². The molecule has 0 N–H and O–H groups in total. The number of fused-ring (bicyclic) bond motifs is 1. The van der Waals surface area contributed by atoms with Crippen LogP contribution in [-0.4, -0.2) is 14.7 Å². The maximum Gasteiger partial charge on any atom is 0.263 e. The smallest absolute Gasteiger partial charge is 0.263 e. The molecule has 4 aromatic rings. The SMILES string of the molecule is Cc1noc(C)c1CSc1nc2scc(-c3ccccc3)c2c(=O)n1C1CCCC1. The molecular formula is C23H23N3O2S2. The van der Waals surface area contributed by atoms with Crippen molar-refractivity contribution in [3.63, 3.8) is 0 Å². The fraction of sp³-hybridized carbons (Fsp3) is 0.348. The van der Waals surface area contributed by atoms with Gasteiger partial charge in [-0.1, -0.05) is 60.1 Å². The van der Waals surface area contributed by atoms with Gasteiger partial charge in [0.1, 0.15) is 10.6 Å². The summed E-state index contributed by atoms with van der Waals surface area (Å²) in [4.78, 5) is 19.6. The van der Waals surface area contributed by atoms with Gasteiger partial charge < -0.3 is 4.52 Å². The Morgan fingerprint density at radius 2 is 1.97 bits per heavy atom. The standard InChI is InChI=1S/C23H23N3O2S2/c1-14-18(15(2)28-25-14)12-30-23-24-21-20(22(27)26(23)17-10-6-7-11-17)19(13-29-21)16-8-4-3-5-9-16/h3-5,8-9,13,17H,6-7,10-12H2,1-2H3. The number of nitrogens with zero attached hydrogens (tertiary/aromatic N) is 3. The van der Waals surface area contributed by atoms with E-state index in [4.69, 9.17) is 9.51 Å². The molecule has 3 heterocycles. The summed E-state index contributed by atoms with van der Waals surface area (Å²) in [6.45, 7) is 3.89. The van der Waals surface area contributed by atoms with E-state index in [1.807, 2.05) is 36.6 Å². The topological polar surface area (TPSA) is 60.9 Å². The van der Waals surface area contributed by atoms with Gasteiger partial charge in [-0.2, -0.15) is 0 Å². The normalized spacial score (nSPS) is 14.7. The van der Waals surface area contributed by atoms with E-state index in [2.05, 4.69) is 22.7 Å². The van der Waals surface area contributed by atoms with Crippen LogP contribution >= 0.6 is 23.1 Å². The summed E-state index contributed by atoms with van der Waals surface area (Å²) in [7, 11) is 0. The molecule has 7 heteroatoms. The molecule has 154 valence electrons. The van der Waals surface area contributed by atoms with E-state index in [1.165, 1.54) is 0 Å². The van der Waals surface area contributed by atoms with Gasteiger partial charge in [0.05, 0.1) is 11.1 Å². The Morgan fingerprint density at radius 1 is 1.20 bits per heavy atom. The molecule has 1 aliphatic carbocycles. The van der Waals surface area contributed by atoms with Gasteiger partial charge in [0.2, 0.25) is 0 Å². The number of rotatable bonds is 5. The molecule has 0 radical (unpaired) electrons. The molecule has 0 amide bonds. The summed E-state index contributed by atoms with van der Waals surface area (Å²) in [5.41, 5.74) is 4.13. The Balaban J connectivity index is 1.63. The van der Waals surface area contributed by atoms with Crippen LogP contribution in [0.2, 0.25) is 0 Å². The zero-order chi connectivity index (χ0) is 20.7. The molecule has 0 atom stereocenters. The first-order chi connectivity index (χ1) is 14.6. The van der Waals surface area contributed by atoms with Crippen LogP contribution in [0.3, 0.4) is 0 Å². The first kappa shape index (κ1) is 19.6. The van der Waals surface area contributed by atoms with E-state index >= 15 is 0 Å². The molecule has 1 fully saturated rings. The van der Waals surface area contributed by atoms with Crippen molar-refractivity contribution in [2.75, 3.05) is 0 Å². The largest absolute Gasteiger partial charge is 0.361 e. The summed E-state index contributed by atoms with van der Waals surface area (Å²) < 4.78 is 7.28. The van der Waals surface area contributed by atoms with Crippen molar-refractivity contribution in [3.05, 3.63) is 63.1 Å². The summed E-state index contributed by atoms with van der Waals surface area (Å²) in [5, 5.41) is 7.68. The predicted octanol–water partition coefficient (Wildman–Crippen LogP) is 6.14. The van der Waals surface area contributed by atoms with Crippen molar-refractivity contribution >= 4 is 33.3 Å². The Kier molecular flexibility index (Phi) is 5.25. The third-order valence-electron chi connectivity index (χ3n) is 5.91. The summed E-state index contributed by atoms with van der Waals surface area (Å²) in [6.07, 6.45) is 4.41. The average molecular weight is 438 g/mol. The molecule has 0 spiro atoms. The molecule has 5 nitrogen and oxygen atoms in total. The highest BCUT2D eigenvalue weighted by molar-refractivity contribution is 7.98. The van der Waals surface area contributed by atoms with Gasteiger partial charge in [0, 0.05) is 28.3 Å². The second-order valence-electron chi connectivity index (χ2n) is 7.79. The lowest BCUT2D eigenvalue weighted by Gasteiger charge is -2.18. The maximum atomic E-state index is 13.8. The third kappa shape index (κ3) is 3.40. The molecule has 0 aliphatic heterocycles. The third-order valence-corrected chi connectivity index (χ3v) is 7.76. The van der Waals surface area contributed by atoms with Crippen LogP contribution in [0.4, 0.5) is 0 Å². The molecule has 5 rings (SSSR count). The van der Waals surface area contributed by atoms with Crippen molar-refractivity contribution in [2.45, 2.75) is 56.5 Å². The lowest BCUT2D eigenvalue weighted by Crippen LogP contribution is -2.26. The second kappa shape index (κ2) is 8.04. The molecule has 30 heavy (non-hydrogen) atoms. The monoisotopic (exact) mass is 437 g/mol. The van der Waals surface area contributed by atoms with Gasteiger partial charge in [0.15, 0.2) is 5.16 Å². The number of thioether (sulfide) groups is 1. The van der Waals surface area contributed by atoms with E-state index in [0.29, 0.717) is 5.75 Å². The molecular weight excluding hydrogens is 414 g/mol. The minimum Gasteiger partial charge on any atom is -0.361 e. The van der Waals surface area contributed by atoms with Crippen molar-refractivity contribution < 1.29 is 4.52 Å². The second-order valence-corrected chi connectivity index (χ2v) is 9.60.